The number of hydrogen-bond acceptors (Lipinski definition) is 4. The Morgan fingerprint density at radius 1 is 1.21 bits per heavy atom. The summed E-state index contributed by atoms with van der Waals surface area (Å²) in [6, 6.07) is 17.2. The Labute approximate surface area is 197 Å². The second-order valence-electron chi connectivity index (χ2n) is 8.48. The van der Waals surface area contributed by atoms with Crippen molar-refractivity contribution in [3.8, 4) is 6.07 Å². The van der Waals surface area contributed by atoms with Crippen molar-refractivity contribution in [1.29, 1.82) is 5.26 Å². The molecule has 33 heavy (non-hydrogen) atoms. The predicted octanol–water partition coefficient (Wildman–Crippen LogP) is 5.18. The average molecular weight is 459 g/mol. The van der Waals surface area contributed by atoms with E-state index in [4.69, 9.17) is 11.6 Å². The average Bonchev–Trinajstić information content (AvgIpc) is 2.80. The van der Waals surface area contributed by atoms with Crippen molar-refractivity contribution in [3.05, 3.63) is 94.3 Å². The minimum atomic E-state index is -0.675. The van der Waals surface area contributed by atoms with Crippen molar-refractivity contribution in [2.45, 2.75) is 25.8 Å². The lowest BCUT2D eigenvalue weighted by Gasteiger charge is -2.42. The van der Waals surface area contributed by atoms with Gasteiger partial charge in [0.2, 0.25) is 5.91 Å². The number of carbonyl (C=O) groups excluding carboxylic acids is 2. The molecular weight excluding hydrogens is 436 g/mol. The fourth-order valence-corrected chi connectivity index (χ4v) is 4.57. The van der Waals surface area contributed by atoms with Gasteiger partial charge in [-0.3, -0.25) is 14.6 Å². The molecule has 1 aliphatic heterocycles. The van der Waals surface area contributed by atoms with Gasteiger partial charge in [0.1, 0.15) is 0 Å². The first-order valence-electron chi connectivity index (χ1n) is 10.7. The van der Waals surface area contributed by atoms with Crippen LogP contribution in [0.1, 0.15) is 52.9 Å². The van der Waals surface area contributed by atoms with E-state index in [2.05, 4.69) is 10.3 Å². The predicted molar refractivity (Wildman–Crippen MR) is 127 cm³/mol. The third-order valence-electron chi connectivity index (χ3n) is 5.60. The van der Waals surface area contributed by atoms with E-state index in [1.165, 1.54) is 6.07 Å². The van der Waals surface area contributed by atoms with Gasteiger partial charge in [0.25, 0.3) is 5.91 Å². The fraction of sp³-hybridized carbons (Fsp3) is 0.231. The van der Waals surface area contributed by atoms with E-state index < -0.39 is 12.0 Å². The third kappa shape index (κ3) is 4.59. The fourth-order valence-electron chi connectivity index (χ4n) is 4.34. The normalized spacial score (nSPS) is 17.4. The highest BCUT2D eigenvalue weighted by atomic mass is 35.5. The Hall–Kier alpha value is -3.69. The molecule has 1 aromatic heterocycles. The Morgan fingerprint density at radius 2 is 2.00 bits per heavy atom. The number of fused-ring (bicyclic) bond motifs is 1. The highest BCUT2D eigenvalue weighted by Crippen LogP contribution is 2.43. The highest BCUT2D eigenvalue weighted by Gasteiger charge is 2.44. The summed E-state index contributed by atoms with van der Waals surface area (Å²) in [4.78, 5) is 33.3. The number of amides is 2. The number of nitrogens with zero attached hydrogens (tertiary/aromatic N) is 3. The largest absolute Gasteiger partial charge is 0.330 e. The maximum Gasteiger partial charge on any atom is 0.254 e. The first-order valence-corrected chi connectivity index (χ1v) is 11.1. The monoisotopic (exact) mass is 458 g/mol. The zero-order valence-electron chi connectivity index (χ0n) is 18.3. The molecule has 6 nitrogen and oxygen atoms in total. The van der Waals surface area contributed by atoms with Crippen LogP contribution in [0.5, 0.6) is 0 Å². The van der Waals surface area contributed by atoms with E-state index in [-0.39, 0.29) is 17.7 Å². The van der Waals surface area contributed by atoms with E-state index >= 15 is 0 Å². The van der Waals surface area contributed by atoms with Crippen molar-refractivity contribution in [2.75, 3.05) is 11.9 Å². The second-order valence-corrected chi connectivity index (χ2v) is 8.91. The minimum absolute atomic E-state index is 0.105. The van der Waals surface area contributed by atoms with Crippen molar-refractivity contribution >= 4 is 29.1 Å². The van der Waals surface area contributed by atoms with Crippen LogP contribution in [-0.4, -0.2) is 28.2 Å². The van der Waals surface area contributed by atoms with Crippen molar-refractivity contribution < 1.29 is 9.59 Å². The number of halogens is 1. The van der Waals surface area contributed by atoms with Crippen molar-refractivity contribution in [2.24, 2.45) is 5.92 Å². The number of aromatic nitrogens is 1. The molecule has 0 fully saturated rings. The summed E-state index contributed by atoms with van der Waals surface area (Å²) in [5.41, 5.74) is 2.74. The van der Waals surface area contributed by atoms with E-state index in [1.54, 1.807) is 47.6 Å². The van der Waals surface area contributed by atoms with Gasteiger partial charge in [0.15, 0.2) is 0 Å². The summed E-state index contributed by atoms with van der Waals surface area (Å²) < 4.78 is 0. The van der Waals surface area contributed by atoms with Gasteiger partial charge in [-0.1, -0.05) is 49.7 Å². The van der Waals surface area contributed by atoms with E-state index in [9.17, 15) is 14.9 Å². The van der Waals surface area contributed by atoms with E-state index in [0.29, 0.717) is 33.9 Å². The molecule has 1 N–H and O–H groups in total. The molecule has 0 radical (unpaired) electrons. The molecule has 166 valence electrons. The van der Waals surface area contributed by atoms with Crippen LogP contribution >= 0.6 is 11.6 Å². The lowest BCUT2D eigenvalue weighted by atomic mass is 9.79. The third-order valence-corrected chi connectivity index (χ3v) is 5.82. The van der Waals surface area contributed by atoms with Gasteiger partial charge in [-0.15, -0.1) is 0 Å². The molecule has 0 spiro atoms. The molecule has 3 aromatic rings. The van der Waals surface area contributed by atoms with Gasteiger partial charge in [-0.25, -0.2) is 0 Å². The van der Waals surface area contributed by atoms with Gasteiger partial charge < -0.3 is 10.2 Å². The second kappa shape index (κ2) is 9.43. The van der Waals surface area contributed by atoms with Crippen LogP contribution in [0.2, 0.25) is 5.02 Å². The van der Waals surface area contributed by atoms with Crippen LogP contribution in [0.25, 0.3) is 0 Å². The quantitative estimate of drug-likeness (QED) is 0.570. The Kier molecular flexibility index (Phi) is 6.43. The summed E-state index contributed by atoms with van der Waals surface area (Å²) in [6.07, 6.45) is 3.37. The van der Waals surface area contributed by atoms with E-state index in [0.717, 1.165) is 5.56 Å². The maximum atomic E-state index is 13.8. The summed E-state index contributed by atoms with van der Waals surface area (Å²) >= 11 is 6.14. The Bertz CT molecular complexity index is 1240. The van der Waals surface area contributed by atoms with Gasteiger partial charge in [0, 0.05) is 35.2 Å². The summed E-state index contributed by atoms with van der Waals surface area (Å²) in [6.45, 7) is 4.57. The standard InChI is InChI=1S/C26H23ClN4O2/c1-16(2)15-31-24(18-6-5-9-29-14-18)23(21-7-3-4-8-22(21)26(31)33)25(32)30-20-11-17(13-28)10-19(27)12-20/h3-12,14,16,23-24H,15H2,1-2H3,(H,30,32)/t23-,24+/m1/s1. The Morgan fingerprint density at radius 3 is 2.70 bits per heavy atom. The first-order chi connectivity index (χ1) is 15.9. The molecule has 2 atom stereocenters. The van der Waals surface area contributed by atoms with Crippen LogP contribution in [0.4, 0.5) is 5.69 Å². The van der Waals surface area contributed by atoms with Gasteiger partial charge in [-0.2, -0.15) is 5.26 Å². The molecule has 0 aliphatic carbocycles. The van der Waals surface area contributed by atoms with Crippen LogP contribution in [-0.2, 0) is 4.79 Å². The number of benzene rings is 2. The van der Waals surface area contributed by atoms with E-state index in [1.807, 2.05) is 38.1 Å². The number of pyridine rings is 1. The van der Waals surface area contributed by atoms with Crippen LogP contribution in [0.15, 0.2) is 67.0 Å². The molecule has 0 saturated heterocycles. The molecule has 0 saturated carbocycles. The van der Waals surface area contributed by atoms with Gasteiger partial charge >= 0.3 is 0 Å². The lowest BCUT2D eigenvalue weighted by Crippen LogP contribution is -2.47. The maximum absolute atomic E-state index is 13.8. The molecule has 2 heterocycles. The van der Waals surface area contributed by atoms with Gasteiger partial charge in [-0.05, 0) is 47.4 Å². The minimum Gasteiger partial charge on any atom is -0.330 e. The van der Waals surface area contributed by atoms with Crippen LogP contribution in [0.3, 0.4) is 0 Å². The number of nitriles is 1. The molecule has 0 unspecified atom stereocenters. The highest BCUT2D eigenvalue weighted by molar-refractivity contribution is 6.31. The molecular formula is C26H23ClN4O2. The summed E-state index contributed by atoms with van der Waals surface area (Å²) in [7, 11) is 0. The van der Waals surface area contributed by atoms with Crippen LogP contribution < -0.4 is 5.32 Å². The molecule has 2 aromatic carbocycles. The Balaban J connectivity index is 1.84. The number of anilines is 1. The number of nitrogens with one attached hydrogen (secondary N) is 1. The SMILES string of the molecule is CC(C)CN1C(=O)c2ccccc2[C@@H](C(=O)Nc2cc(Cl)cc(C#N)c2)[C@@H]1c1cccnc1. The topological polar surface area (TPSA) is 86.1 Å². The zero-order chi connectivity index (χ0) is 23.5. The van der Waals surface area contributed by atoms with Gasteiger partial charge in [0.05, 0.1) is 23.6 Å². The molecule has 2 amide bonds. The summed E-state index contributed by atoms with van der Waals surface area (Å²) in [5.74, 6) is -0.866. The first kappa shape index (κ1) is 22.5. The summed E-state index contributed by atoms with van der Waals surface area (Å²) in [5, 5.41) is 12.5. The zero-order valence-corrected chi connectivity index (χ0v) is 19.1. The number of hydrogen-bond donors (Lipinski definition) is 1. The van der Waals surface area contributed by atoms with Crippen LogP contribution in [0, 0.1) is 17.2 Å². The van der Waals surface area contributed by atoms with Crippen molar-refractivity contribution in [1.82, 2.24) is 9.88 Å². The number of carbonyl (C=O) groups is 2. The molecule has 4 rings (SSSR count). The lowest BCUT2D eigenvalue weighted by molar-refractivity contribution is -0.119. The van der Waals surface area contributed by atoms with Crippen molar-refractivity contribution in [3.63, 3.8) is 0 Å². The molecule has 0 bridgehead atoms. The molecule has 7 heteroatoms. The number of rotatable bonds is 5. The smallest absolute Gasteiger partial charge is 0.254 e. The molecule has 1 aliphatic rings.